The molecule has 1 saturated heterocycles. The largest absolute Gasteiger partial charge is 0.496 e. The van der Waals surface area contributed by atoms with E-state index < -0.39 is 0 Å². The van der Waals surface area contributed by atoms with Crippen LogP contribution in [0.15, 0.2) is 59.1 Å². The standard InChI is InChI=1S/C25H31FN4O2/c1-3-28(19-22-18-24(27-32-22)23-6-4-5-7-25(23)31-2)12-13-29-14-16-30(17-15-29)21-10-8-20(26)9-11-21/h4-11,18H,3,12-17,19H2,1-2H3. The van der Waals surface area contributed by atoms with Crippen molar-refractivity contribution in [2.45, 2.75) is 13.5 Å². The first-order chi connectivity index (χ1) is 15.7. The number of methoxy groups -OCH3 is 1. The highest BCUT2D eigenvalue weighted by atomic mass is 19.1. The van der Waals surface area contributed by atoms with Crippen molar-refractivity contribution in [2.75, 3.05) is 57.8 Å². The molecule has 0 N–H and O–H groups in total. The number of hydrogen-bond donors (Lipinski definition) is 0. The van der Waals surface area contributed by atoms with E-state index in [0.29, 0.717) is 0 Å². The quantitative estimate of drug-likeness (QED) is 0.501. The highest BCUT2D eigenvalue weighted by Gasteiger charge is 2.19. The Morgan fingerprint density at radius 3 is 2.53 bits per heavy atom. The Hall–Kier alpha value is -2.90. The monoisotopic (exact) mass is 438 g/mol. The van der Waals surface area contributed by atoms with Crippen LogP contribution in [-0.4, -0.2) is 67.9 Å². The van der Waals surface area contributed by atoms with Crippen molar-refractivity contribution in [1.82, 2.24) is 15.0 Å². The average Bonchev–Trinajstić information content (AvgIpc) is 3.31. The number of benzene rings is 2. The Morgan fingerprint density at radius 2 is 1.81 bits per heavy atom. The number of likely N-dealkylation sites (N-methyl/N-ethyl adjacent to an activating group) is 1. The summed E-state index contributed by atoms with van der Waals surface area (Å²) in [7, 11) is 1.66. The van der Waals surface area contributed by atoms with E-state index in [4.69, 9.17) is 9.26 Å². The van der Waals surface area contributed by atoms with E-state index >= 15 is 0 Å². The molecule has 0 bridgehead atoms. The molecular formula is C25H31FN4O2. The van der Waals surface area contributed by atoms with Crippen LogP contribution >= 0.6 is 0 Å². The van der Waals surface area contributed by atoms with Gasteiger partial charge in [0.25, 0.3) is 0 Å². The third-order valence-electron chi connectivity index (χ3n) is 6.07. The number of ether oxygens (including phenoxy) is 1. The number of halogens is 1. The van der Waals surface area contributed by atoms with Crippen molar-refractivity contribution in [2.24, 2.45) is 0 Å². The van der Waals surface area contributed by atoms with Gasteiger partial charge in [-0.15, -0.1) is 0 Å². The maximum absolute atomic E-state index is 13.2. The molecule has 0 atom stereocenters. The van der Waals surface area contributed by atoms with Crippen LogP contribution in [0.3, 0.4) is 0 Å². The van der Waals surface area contributed by atoms with Gasteiger partial charge >= 0.3 is 0 Å². The first-order valence-corrected chi connectivity index (χ1v) is 11.2. The molecule has 32 heavy (non-hydrogen) atoms. The third-order valence-corrected chi connectivity index (χ3v) is 6.07. The summed E-state index contributed by atoms with van der Waals surface area (Å²) in [5.74, 6) is 1.46. The summed E-state index contributed by atoms with van der Waals surface area (Å²) in [4.78, 5) is 7.18. The zero-order chi connectivity index (χ0) is 22.3. The zero-order valence-corrected chi connectivity index (χ0v) is 18.8. The number of piperazine rings is 1. The predicted octanol–water partition coefficient (Wildman–Crippen LogP) is 4.13. The molecule has 0 saturated carbocycles. The van der Waals surface area contributed by atoms with Crippen LogP contribution in [0, 0.1) is 5.82 Å². The number of nitrogens with zero attached hydrogens (tertiary/aromatic N) is 4. The fourth-order valence-electron chi connectivity index (χ4n) is 4.10. The molecule has 1 aromatic heterocycles. The molecule has 170 valence electrons. The van der Waals surface area contributed by atoms with Crippen LogP contribution in [0.5, 0.6) is 5.75 Å². The van der Waals surface area contributed by atoms with Crippen molar-refractivity contribution in [3.05, 3.63) is 66.2 Å². The fraction of sp³-hybridized carbons (Fsp3) is 0.400. The molecule has 2 heterocycles. The van der Waals surface area contributed by atoms with Crippen LogP contribution in [0.25, 0.3) is 11.3 Å². The molecular weight excluding hydrogens is 407 g/mol. The summed E-state index contributed by atoms with van der Waals surface area (Å²) in [5.41, 5.74) is 2.83. The number of aromatic nitrogens is 1. The Bertz CT molecular complexity index is 984. The van der Waals surface area contributed by atoms with E-state index in [2.05, 4.69) is 26.8 Å². The minimum atomic E-state index is -0.186. The van der Waals surface area contributed by atoms with Gasteiger partial charge in [0.15, 0.2) is 5.76 Å². The van der Waals surface area contributed by atoms with Gasteiger partial charge in [0.2, 0.25) is 0 Å². The van der Waals surface area contributed by atoms with Gasteiger partial charge in [0, 0.05) is 56.6 Å². The summed E-state index contributed by atoms with van der Waals surface area (Å²) in [6, 6.07) is 16.6. The highest BCUT2D eigenvalue weighted by molar-refractivity contribution is 5.66. The van der Waals surface area contributed by atoms with Crippen LogP contribution in [-0.2, 0) is 6.54 Å². The van der Waals surface area contributed by atoms with Crippen LogP contribution in [0.4, 0.5) is 10.1 Å². The van der Waals surface area contributed by atoms with Gasteiger partial charge in [-0.2, -0.15) is 0 Å². The molecule has 1 aliphatic rings. The lowest BCUT2D eigenvalue weighted by Gasteiger charge is -2.36. The second-order valence-electron chi connectivity index (χ2n) is 8.05. The number of hydrogen-bond acceptors (Lipinski definition) is 6. The minimum Gasteiger partial charge on any atom is -0.496 e. The van der Waals surface area contributed by atoms with Gasteiger partial charge in [-0.05, 0) is 42.9 Å². The molecule has 0 radical (unpaired) electrons. The summed E-state index contributed by atoms with van der Waals surface area (Å²) in [6.45, 7) is 9.77. The van der Waals surface area contributed by atoms with E-state index in [1.54, 1.807) is 7.11 Å². The summed E-state index contributed by atoms with van der Waals surface area (Å²) >= 11 is 0. The molecule has 4 rings (SSSR count). The molecule has 2 aromatic carbocycles. The topological polar surface area (TPSA) is 45.0 Å². The summed E-state index contributed by atoms with van der Waals surface area (Å²) < 4.78 is 24.2. The Morgan fingerprint density at radius 1 is 1.06 bits per heavy atom. The van der Waals surface area contributed by atoms with Crippen LogP contribution < -0.4 is 9.64 Å². The lowest BCUT2D eigenvalue weighted by Crippen LogP contribution is -2.48. The van der Waals surface area contributed by atoms with Crippen molar-refractivity contribution >= 4 is 5.69 Å². The second kappa shape index (κ2) is 10.6. The van der Waals surface area contributed by atoms with Gasteiger partial charge in [0.1, 0.15) is 17.3 Å². The Labute approximate surface area is 189 Å². The molecule has 6 nitrogen and oxygen atoms in total. The number of para-hydroxylation sites is 1. The van der Waals surface area contributed by atoms with Gasteiger partial charge < -0.3 is 14.2 Å². The normalized spacial score (nSPS) is 14.8. The number of rotatable bonds is 9. The lowest BCUT2D eigenvalue weighted by atomic mass is 10.1. The van der Waals surface area contributed by atoms with E-state index in [9.17, 15) is 4.39 Å². The van der Waals surface area contributed by atoms with Gasteiger partial charge in [0.05, 0.1) is 13.7 Å². The summed E-state index contributed by atoms with van der Waals surface area (Å²) in [6.07, 6.45) is 0. The van der Waals surface area contributed by atoms with Crippen molar-refractivity contribution < 1.29 is 13.7 Å². The lowest BCUT2D eigenvalue weighted by molar-refractivity contribution is 0.185. The second-order valence-corrected chi connectivity index (χ2v) is 8.05. The molecule has 1 fully saturated rings. The van der Waals surface area contributed by atoms with Gasteiger partial charge in [-0.25, -0.2) is 4.39 Å². The maximum atomic E-state index is 13.2. The van der Waals surface area contributed by atoms with E-state index in [-0.39, 0.29) is 5.82 Å². The maximum Gasteiger partial charge on any atom is 0.151 e. The zero-order valence-electron chi connectivity index (χ0n) is 18.8. The molecule has 7 heteroatoms. The third kappa shape index (κ3) is 5.47. The van der Waals surface area contributed by atoms with Crippen molar-refractivity contribution in [3.8, 4) is 17.0 Å². The fourth-order valence-corrected chi connectivity index (χ4v) is 4.10. The summed E-state index contributed by atoms with van der Waals surface area (Å²) in [5, 5.41) is 4.25. The Balaban J connectivity index is 1.27. The van der Waals surface area contributed by atoms with Gasteiger partial charge in [-0.3, -0.25) is 9.80 Å². The molecule has 0 aliphatic carbocycles. The van der Waals surface area contributed by atoms with Crippen LogP contribution in [0.2, 0.25) is 0 Å². The average molecular weight is 439 g/mol. The number of anilines is 1. The molecule has 1 aliphatic heterocycles. The first-order valence-electron chi connectivity index (χ1n) is 11.2. The SMILES string of the molecule is CCN(CCN1CCN(c2ccc(F)cc2)CC1)Cc1cc(-c2ccccc2OC)no1. The van der Waals surface area contributed by atoms with Gasteiger partial charge in [-0.1, -0.05) is 24.2 Å². The molecule has 0 spiro atoms. The van der Waals surface area contributed by atoms with Crippen molar-refractivity contribution in [3.63, 3.8) is 0 Å². The van der Waals surface area contributed by atoms with Crippen molar-refractivity contribution in [1.29, 1.82) is 0 Å². The van der Waals surface area contributed by atoms with Crippen LogP contribution in [0.1, 0.15) is 12.7 Å². The first kappa shape index (κ1) is 22.3. The molecule has 3 aromatic rings. The smallest absolute Gasteiger partial charge is 0.151 e. The van der Waals surface area contributed by atoms with E-state index in [1.165, 1.54) is 12.1 Å². The van der Waals surface area contributed by atoms with E-state index in [0.717, 1.165) is 80.8 Å². The highest BCUT2D eigenvalue weighted by Crippen LogP contribution is 2.29. The van der Waals surface area contributed by atoms with E-state index in [1.807, 2.05) is 42.5 Å². The predicted molar refractivity (Wildman–Crippen MR) is 124 cm³/mol. The molecule has 0 amide bonds. The molecule has 0 unspecified atom stereocenters. The Kier molecular flexibility index (Phi) is 7.39. The minimum absolute atomic E-state index is 0.186.